The maximum Gasteiger partial charge on any atom is 0.207 e. The molecule has 0 fully saturated rings. The molecule has 0 radical (unpaired) electrons. The Labute approximate surface area is 119 Å². The molecular weight excluding hydrogens is 260 g/mol. The second-order valence-corrected chi connectivity index (χ2v) is 4.76. The summed E-state index contributed by atoms with van der Waals surface area (Å²) < 4.78 is 22.1. The molecule has 2 rings (SSSR count). The molecule has 1 heterocycles. The summed E-state index contributed by atoms with van der Waals surface area (Å²) in [6, 6.07) is 1.67. The van der Waals surface area contributed by atoms with E-state index in [0.29, 0.717) is 23.9 Å². The van der Waals surface area contributed by atoms with Gasteiger partial charge >= 0.3 is 0 Å². The van der Waals surface area contributed by atoms with E-state index in [4.69, 9.17) is 18.9 Å². The van der Waals surface area contributed by atoms with Gasteiger partial charge in [0.05, 0.1) is 20.8 Å². The van der Waals surface area contributed by atoms with Crippen molar-refractivity contribution in [1.29, 1.82) is 0 Å². The molecular formula is C15H22O5. The Morgan fingerprint density at radius 3 is 2.70 bits per heavy atom. The van der Waals surface area contributed by atoms with Crippen LogP contribution in [-0.2, 0) is 11.2 Å². The molecule has 0 spiro atoms. The highest BCUT2D eigenvalue weighted by molar-refractivity contribution is 5.62. The quantitative estimate of drug-likeness (QED) is 0.813. The fraction of sp³-hybridized carbons (Fsp3) is 0.600. The number of unbranched alkanes of at least 4 members (excludes halogenated alkanes) is 1. The van der Waals surface area contributed by atoms with Gasteiger partial charge < -0.3 is 24.1 Å². The average molecular weight is 282 g/mol. The molecule has 1 N–H and O–H groups in total. The van der Waals surface area contributed by atoms with Gasteiger partial charge in [0.2, 0.25) is 11.5 Å². The summed E-state index contributed by atoms with van der Waals surface area (Å²) >= 11 is 0. The number of methoxy groups -OCH3 is 2. The van der Waals surface area contributed by atoms with Crippen LogP contribution in [-0.4, -0.2) is 32.2 Å². The standard InChI is InChI=1S/C15H22O5/c1-4-5-8-19-12-7-6-10-9-11(16)14(17-2)15(18-3)13(10)20-12/h9,12,16H,4-8H2,1-3H3. The van der Waals surface area contributed by atoms with Gasteiger partial charge in [0.15, 0.2) is 17.8 Å². The number of aromatic hydroxyl groups is 1. The number of fused-ring (bicyclic) bond motifs is 1. The number of hydrogen-bond donors (Lipinski definition) is 1. The van der Waals surface area contributed by atoms with Crippen molar-refractivity contribution in [2.45, 2.75) is 38.9 Å². The van der Waals surface area contributed by atoms with Crippen molar-refractivity contribution < 1.29 is 24.1 Å². The highest BCUT2D eigenvalue weighted by Crippen LogP contribution is 2.48. The first kappa shape index (κ1) is 14.8. The van der Waals surface area contributed by atoms with Gasteiger partial charge in [-0.15, -0.1) is 0 Å². The number of ether oxygens (including phenoxy) is 4. The minimum atomic E-state index is -0.266. The van der Waals surface area contributed by atoms with Crippen LogP contribution in [0.5, 0.6) is 23.0 Å². The number of phenols is 1. The lowest BCUT2D eigenvalue weighted by molar-refractivity contribution is -0.0925. The summed E-state index contributed by atoms with van der Waals surface area (Å²) in [5.74, 6) is 1.39. The van der Waals surface area contributed by atoms with E-state index >= 15 is 0 Å². The lowest BCUT2D eigenvalue weighted by Gasteiger charge is -2.28. The summed E-state index contributed by atoms with van der Waals surface area (Å²) in [4.78, 5) is 0. The first-order valence-electron chi connectivity index (χ1n) is 6.96. The number of phenolic OH excluding ortho intramolecular Hbond substituents is 1. The third-order valence-electron chi connectivity index (χ3n) is 3.36. The molecule has 1 aromatic rings. The summed E-state index contributed by atoms with van der Waals surface area (Å²) in [6.07, 6.45) is 3.39. The van der Waals surface area contributed by atoms with Crippen LogP contribution in [0.25, 0.3) is 0 Å². The molecule has 1 unspecified atom stereocenters. The number of hydrogen-bond acceptors (Lipinski definition) is 5. The molecule has 5 nitrogen and oxygen atoms in total. The molecule has 0 bridgehead atoms. The number of rotatable bonds is 6. The molecule has 112 valence electrons. The highest BCUT2D eigenvalue weighted by Gasteiger charge is 2.28. The lowest BCUT2D eigenvalue weighted by atomic mass is 10.0. The molecule has 1 aromatic carbocycles. The Balaban J connectivity index is 2.21. The van der Waals surface area contributed by atoms with Crippen molar-refractivity contribution in [2.24, 2.45) is 0 Å². The van der Waals surface area contributed by atoms with Crippen LogP contribution in [0.4, 0.5) is 0 Å². The first-order valence-corrected chi connectivity index (χ1v) is 6.96. The normalized spacial score (nSPS) is 17.2. The van der Waals surface area contributed by atoms with Gasteiger partial charge in [-0.25, -0.2) is 0 Å². The second kappa shape index (κ2) is 6.70. The molecule has 1 aliphatic rings. The van der Waals surface area contributed by atoms with Gasteiger partial charge in [-0.3, -0.25) is 0 Å². The van der Waals surface area contributed by atoms with E-state index in [2.05, 4.69) is 6.92 Å². The van der Waals surface area contributed by atoms with Crippen molar-refractivity contribution in [2.75, 3.05) is 20.8 Å². The topological polar surface area (TPSA) is 57.2 Å². The zero-order valence-electron chi connectivity index (χ0n) is 12.3. The molecule has 0 amide bonds. The predicted octanol–water partition coefficient (Wildman–Crippen LogP) is 2.88. The molecule has 20 heavy (non-hydrogen) atoms. The van der Waals surface area contributed by atoms with Crippen molar-refractivity contribution in [3.63, 3.8) is 0 Å². The Morgan fingerprint density at radius 2 is 2.05 bits per heavy atom. The summed E-state index contributed by atoms with van der Waals surface area (Å²) in [5, 5.41) is 9.93. The van der Waals surface area contributed by atoms with Crippen molar-refractivity contribution in [3.05, 3.63) is 11.6 Å². The first-order chi connectivity index (χ1) is 9.71. The molecule has 0 saturated heterocycles. The van der Waals surface area contributed by atoms with E-state index < -0.39 is 0 Å². The Hall–Kier alpha value is -1.62. The minimum absolute atomic E-state index is 0.0667. The maximum absolute atomic E-state index is 9.93. The van der Waals surface area contributed by atoms with E-state index in [1.807, 2.05) is 0 Å². The zero-order chi connectivity index (χ0) is 14.5. The fourth-order valence-corrected chi connectivity index (χ4v) is 2.30. The SMILES string of the molecule is CCCCOC1CCc2cc(O)c(OC)c(OC)c2O1. The summed E-state index contributed by atoms with van der Waals surface area (Å²) in [5.41, 5.74) is 0.912. The van der Waals surface area contributed by atoms with Crippen LogP contribution in [0.2, 0.25) is 0 Å². The Kier molecular flexibility index (Phi) is 4.95. The largest absolute Gasteiger partial charge is 0.504 e. The van der Waals surface area contributed by atoms with E-state index in [9.17, 15) is 5.11 Å². The van der Waals surface area contributed by atoms with Crippen molar-refractivity contribution in [1.82, 2.24) is 0 Å². The van der Waals surface area contributed by atoms with Crippen LogP contribution in [0.15, 0.2) is 6.07 Å². The van der Waals surface area contributed by atoms with E-state index in [1.54, 1.807) is 6.07 Å². The van der Waals surface area contributed by atoms with Crippen molar-refractivity contribution >= 4 is 0 Å². The van der Waals surface area contributed by atoms with E-state index in [-0.39, 0.29) is 12.0 Å². The minimum Gasteiger partial charge on any atom is -0.504 e. The molecule has 0 aromatic heterocycles. The van der Waals surface area contributed by atoms with E-state index in [0.717, 1.165) is 31.2 Å². The lowest BCUT2D eigenvalue weighted by Crippen LogP contribution is -2.26. The van der Waals surface area contributed by atoms with Gasteiger partial charge in [-0.05, 0) is 18.9 Å². The summed E-state index contributed by atoms with van der Waals surface area (Å²) in [7, 11) is 3.02. The average Bonchev–Trinajstić information content (AvgIpc) is 2.46. The van der Waals surface area contributed by atoms with Crippen LogP contribution >= 0.6 is 0 Å². The molecule has 5 heteroatoms. The molecule has 0 aliphatic carbocycles. The molecule has 1 aliphatic heterocycles. The van der Waals surface area contributed by atoms with Gasteiger partial charge in [-0.1, -0.05) is 13.3 Å². The molecule has 1 atom stereocenters. The molecule has 0 saturated carbocycles. The zero-order valence-corrected chi connectivity index (χ0v) is 12.3. The second-order valence-electron chi connectivity index (χ2n) is 4.76. The third kappa shape index (κ3) is 2.93. The van der Waals surface area contributed by atoms with Gasteiger partial charge in [0.25, 0.3) is 0 Å². The summed E-state index contributed by atoms with van der Waals surface area (Å²) in [6.45, 7) is 2.81. The van der Waals surface area contributed by atoms with Crippen LogP contribution < -0.4 is 14.2 Å². The number of benzene rings is 1. The van der Waals surface area contributed by atoms with Crippen LogP contribution in [0.3, 0.4) is 0 Å². The van der Waals surface area contributed by atoms with E-state index in [1.165, 1.54) is 14.2 Å². The van der Waals surface area contributed by atoms with Crippen LogP contribution in [0.1, 0.15) is 31.7 Å². The maximum atomic E-state index is 9.93. The predicted molar refractivity (Wildman–Crippen MR) is 74.8 cm³/mol. The van der Waals surface area contributed by atoms with Gasteiger partial charge in [-0.2, -0.15) is 0 Å². The van der Waals surface area contributed by atoms with Crippen LogP contribution in [0, 0.1) is 0 Å². The Morgan fingerprint density at radius 1 is 1.30 bits per heavy atom. The monoisotopic (exact) mass is 282 g/mol. The third-order valence-corrected chi connectivity index (χ3v) is 3.36. The smallest absolute Gasteiger partial charge is 0.207 e. The Bertz CT molecular complexity index is 458. The van der Waals surface area contributed by atoms with Gasteiger partial charge in [0, 0.05) is 12.0 Å². The van der Waals surface area contributed by atoms with Gasteiger partial charge in [0.1, 0.15) is 0 Å². The fourth-order valence-electron chi connectivity index (χ4n) is 2.30. The highest BCUT2D eigenvalue weighted by atomic mass is 16.7. The van der Waals surface area contributed by atoms with Crippen molar-refractivity contribution in [3.8, 4) is 23.0 Å². The number of aryl methyl sites for hydroxylation is 1.